The van der Waals surface area contributed by atoms with Crippen LogP contribution in [0.2, 0.25) is 0 Å². The summed E-state index contributed by atoms with van der Waals surface area (Å²) in [5, 5.41) is 18.3. The molecule has 1 aliphatic carbocycles. The Morgan fingerprint density at radius 3 is 2.44 bits per heavy atom. The smallest absolute Gasteiger partial charge is 0.408 e. The third-order valence-electron chi connectivity index (χ3n) is 8.41. The van der Waals surface area contributed by atoms with E-state index in [1.54, 1.807) is 53.0 Å². The first-order chi connectivity index (χ1) is 22.4. The molecule has 1 aromatic carbocycles. The summed E-state index contributed by atoms with van der Waals surface area (Å²) < 4.78 is 12.0. The first-order valence-electron chi connectivity index (χ1n) is 15.7. The lowest BCUT2D eigenvalue weighted by Gasteiger charge is -2.35. The van der Waals surface area contributed by atoms with E-state index in [0.717, 1.165) is 0 Å². The number of pyridine rings is 1. The van der Waals surface area contributed by atoms with E-state index in [1.807, 2.05) is 24.3 Å². The van der Waals surface area contributed by atoms with Gasteiger partial charge >= 0.3 is 12.1 Å². The summed E-state index contributed by atoms with van der Waals surface area (Å²) in [4.78, 5) is 63.8. The molecule has 3 amide bonds. The van der Waals surface area contributed by atoms with Gasteiger partial charge < -0.3 is 35.8 Å². The molecule has 3 heterocycles. The van der Waals surface area contributed by atoms with Crippen molar-refractivity contribution in [3.63, 3.8) is 0 Å². The molecule has 13 nitrogen and oxygen atoms in total. The number of carboxylic acids is 1. The molecule has 1 saturated carbocycles. The lowest BCUT2D eigenvalue weighted by atomic mass is 9.85. The molecule has 5 rings (SSSR count). The molecule has 1 aliphatic heterocycles. The van der Waals surface area contributed by atoms with Crippen molar-refractivity contribution < 1.29 is 33.8 Å². The monoisotopic (exact) mass is 678 g/mol. The predicted molar refractivity (Wildman–Crippen MR) is 181 cm³/mol. The number of carbonyl (C=O) groups excluding carboxylic acids is 3. The van der Waals surface area contributed by atoms with Crippen molar-refractivity contribution in [3.05, 3.63) is 48.4 Å². The Morgan fingerprint density at radius 1 is 1.15 bits per heavy atom. The summed E-state index contributed by atoms with van der Waals surface area (Å²) in [6, 6.07) is 6.97. The van der Waals surface area contributed by atoms with Gasteiger partial charge in [0, 0.05) is 29.2 Å². The van der Waals surface area contributed by atoms with E-state index >= 15 is 0 Å². The SMILES string of the molecule is C=C[C@H]1CC1(NC(=O)[C@@H]1C[C@@H](Oc2cc(-c3csc(N)n3)nc3ccccc23)CN1C(=O)[C@@H](NC(=O)OC(C)(C)C)C(C)(C)C)C(=O)O. The maximum absolute atomic E-state index is 14.4. The summed E-state index contributed by atoms with van der Waals surface area (Å²) in [6.45, 7) is 14.2. The molecule has 2 aliphatic rings. The zero-order chi connectivity index (χ0) is 35.2. The van der Waals surface area contributed by atoms with E-state index in [1.165, 1.54) is 22.3 Å². The molecule has 0 bridgehead atoms. The van der Waals surface area contributed by atoms with E-state index in [2.05, 4.69) is 22.2 Å². The van der Waals surface area contributed by atoms with Gasteiger partial charge in [-0.05, 0) is 44.7 Å². The van der Waals surface area contributed by atoms with Crippen LogP contribution in [0.25, 0.3) is 22.3 Å². The number of carbonyl (C=O) groups is 4. The minimum atomic E-state index is -1.50. The number of hydrogen-bond acceptors (Lipinski definition) is 10. The summed E-state index contributed by atoms with van der Waals surface area (Å²) >= 11 is 1.29. The van der Waals surface area contributed by atoms with Crippen molar-refractivity contribution in [1.82, 2.24) is 25.5 Å². The normalized spacial score (nSPS) is 22.9. The number of carboxylic acid groups (broad SMARTS) is 1. The van der Waals surface area contributed by atoms with Crippen LogP contribution >= 0.6 is 11.3 Å². The fourth-order valence-corrected chi connectivity index (χ4v) is 6.45. The summed E-state index contributed by atoms with van der Waals surface area (Å²) in [5.74, 6) is -2.32. The van der Waals surface area contributed by atoms with E-state index in [9.17, 15) is 24.3 Å². The Kier molecular flexibility index (Phi) is 9.17. The highest BCUT2D eigenvalue weighted by molar-refractivity contribution is 7.13. The summed E-state index contributed by atoms with van der Waals surface area (Å²) in [5.41, 5.74) is 4.56. The predicted octanol–water partition coefficient (Wildman–Crippen LogP) is 4.37. The molecule has 48 heavy (non-hydrogen) atoms. The zero-order valence-electron chi connectivity index (χ0n) is 27.9. The van der Waals surface area contributed by atoms with Gasteiger partial charge in [-0.1, -0.05) is 39.0 Å². The number of ether oxygens (including phenoxy) is 2. The molecule has 5 N–H and O–H groups in total. The van der Waals surface area contributed by atoms with E-state index < -0.39 is 64.5 Å². The van der Waals surface area contributed by atoms with E-state index in [-0.39, 0.29) is 19.4 Å². The molecule has 256 valence electrons. The lowest BCUT2D eigenvalue weighted by Crippen LogP contribution is -2.59. The second kappa shape index (κ2) is 12.7. The number of nitrogens with one attached hydrogen (secondary N) is 2. The molecular weight excluding hydrogens is 636 g/mol. The number of amides is 3. The maximum Gasteiger partial charge on any atom is 0.408 e. The highest BCUT2D eigenvalue weighted by Crippen LogP contribution is 2.45. The third kappa shape index (κ3) is 7.23. The van der Waals surface area contributed by atoms with Crippen LogP contribution in [0.4, 0.5) is 9.93 Å². The second-order valence-electron chi connectivity index (χ2n) is 14.3. The number of aromatic nitrogens is 2. The van der Waals surface area contributed by atoms with Gasteiger partial charge in [0.15, 0.2) is 5.13 Å². The fraction of sp³-hybridized carbons (Fsp3) is 0.471. The number of benzene rings is 1. The van der Waals surface area contributed by atoms with Gasteiger partial charge in [0.05, 0.1) is 17.8 Å². The van der Waals surface area contributed by atoms with Crippen LogP contribution in [-0.4, -0.2) is 79.7 Å². The molecule has 0 radical (unpaired) electrons. The number of fused-ring (bicyclic) bond motifs is 1. The molecule has 1 unspecified atom stereocenters. The first kappa shape index (κ1) is 34.6. The Balaban J connectivity index is 1.48. The number of thiazole rings is 1. The molecule has 3 aromatic rings. The van der Waals surface area contributed by atoms with Gasteiger partial charge in [-0.25, -0.2) is 19.6 Å². The number of para-hydroxylation sites is 1. The lowest BCUT2D eigenvalue weighted by molar-refractivity contribution is -0.146. The molecule has 2 aromatic heterocycles. The van der Waals surface area contributed by atoms with Gasteiger partial charge in [-0.3, -0.25) is 9.59 Å². The van der Waals surface area contributed by atoms with Crippen molar-refractivity contribution in [2.24, 2.45) is 11.3 Å². The molecule has 5 atom stereocenters. The minimum absolute atomic E-state index is 0.0138. The molecule has 1 saturated heterocycles. The van der Waals surface area contributed by atoms with Crippen LogP contribution in [0.3, 0.4) is 0 Å². The number of hydrogen-bond donors (Lipinski definition) is 4. The van der Waals surface area contributed by atoms with Crippen LogP contribution in [0.15, 0.2) is 48.4 Å². The average molecular weight is 679 g/mol. The molecule has 2 fully saturated rings. The average Bonchev–Trinajstić information content (AvgIpc) is 3.28. The van der Waals surface area contributed by atoms with Crippen LogP contribution in [0.5, 0.6) is 5.75 Å². The fourth-order valence-electron chi connectivity index (χ4n) is 5.89. The second-order valence-corrected chi connectivity index (χ2v) is 15.2. The van der Waals surface area contributed by atoms with Gasteiger partial charge in [0.2, 0.25) is 11.8 Å². The number of nitrogen functional groups attached to an aromatic ring is 1. The molecule has 14 heteroatoms. The van der Waals surface area contributed by atoms with Crippen molar-refractivity contribution >= 4 is 51.2 Å². The van der Waals surface area contributed by atoms with Gasteiger partial charge in [0.1, 0.15) is 40.8 Å². The van der Waals surface area contributed by atoms with Crippen molar-refractivity contribution in [2.45, 2.75) is 83.7 Å². The number of alkyl carbamates (subject to hydrolysis) is 1. The largest absolute Gasteiger partial charge is 0.488 e. The maximum atomic E-state index is 14.4. The number of likely N-dealkylation sites (tertiary alicyclic amines) is 1. The standard InChI is InChI=1S/C34H42N6O7S/c1-8-18-15-34(18,29(43)44)39-27(41)24-13-19(16-40(24)28(42)26(32(2,3)4)38-31(45)47-33(5,6)7)46-25-14-22(23-17-48-30(35)37-23)36-21-12-10-9-11-20(21)25/h8-12,14,17-19,24,26H,1,13,15-16H2,2-7H3,(H2,35,37)(H,38,45)(H,39,41)(H,43,44)/t18-,19+,24-,26+,34?/m0/s1. The Morgan fingerprint density at radius 2 is 1.85 bits per heavy atom. The summed E-state index contributed by atoms with van der Waals surface area (Å²) in [7, 11) is 0. The van der Waals surface area contributed by atoms with Gasteiger partial charge in [-0.15, -0.1) is 17.9 Å². The highest BCUT2D eigenvalue weighted by atomic mass is 32.1. The Bertz CT molecular complexity index is 1760. The minimum Gasteiger partial charge on any atom is -0.488 e. The number of aliphatic carboxylic acids is 1. The highest BCUT2D eigenvalue weighted by Gasteiger charge is 2.61. The molecular formula is C34H42N6O7S. The van der Waals surface area contributed by atoms with Crippen LogP contribution in [-0.2, 0) is 19.1 Å². The Hall–Kier alpha value is -4.72. The van der Waals surface area contributed by atoms with Crippen LogP contribution in [0, 0.1) is 11.3 Å². The third-order valence-corrected chi connectivity index (χ3v) is 9.08. The first-order valence-corrected chi connectivity index (χ1v) is 16.6. The summed E-state index contributed by atoms with van der Waals surface area (Å²) in [6.07, 6.45) is 0.293. The van der Waals surface area contributed by atoms with Gasteiger partial charge in [-0.2, -0.15) is 0 Å². The van der Waals surface area contributed by atoms with Gasteiger partial charge in [0.25, 0.3) is 0 Å². The number of rotatable bonds is 9. The molecule has 0 spiro atoms. The zero-order valence-corrected chi connectivity index (χ0v) is 28.7. The number of nitrogens with zero attached hydrogens (tertiary/aromatic N) is 3. The van der Waals surface area contributed by atoms with E-state index in [0.29, 0.717) is 33.2 Å². The van der Waals surface area contributed by atoms with Crippen LogP contribution in [0.1, 0.15) is 54.4 Å². The van der Waals surface area contributed by atoms with Crippen molar-refractivity contribution in [1.29, 1.82) is 0 Å². The Labute approximate surface area is 282 Å². The number of nitrogens with two attached hydrogens (primary N) is 1. The van der Waals surface area contributed by atoms with Crippen molar-refractivity contribution in [3.8, 4) is 17.1 Å². The van der Waals surface area contributed by atoms with Crippen LogP contribution < -0.4 is 21.1 Å². The number of anilines is 1. The topological polar surface area (TPSA) is 186 Å². The van der Waals surface area contributed by atoms with Crippen molar-refractivity contribution in [2.75, 3.05) is 12.3 Å². The van der Waals surface area contributed by atoms with E-state index in [4.69, 9.17) is 20.2 Å². The quantitative estimate of drug-likeness (QED) is 0.237.